The number of rotatable bonds is 2. The topological polar surface area (TPSA) is 66.5 Å². The maximum absolute atomic E-state index is 13.3. The fourth-order valence-corrected chi connectivity index (χ4v) is 1.21. The molecule has 0 aromatic heterocycles. The lowest BCUT2D eigenvalue weighted by Crippen LogP contribution is -2.37. The molecule has 0 saturated carbocycles. The van der Waals surface area contributed by atoms with Crippen LogP contribution < -0.4 is 5.73 Å². The lowest BCUT2D eigenvalue weighted by atomic mass is 9.92. The van der Waals surface area contributed by atoms with E-state index < -0.39 is 17.1 Å². The summed E-state index contributed by atoms with van der Waals surface area (Å²) in [6.45, 7) is 2.71. The number of phenolic OH excluding ortho intramolecular Hbond substituents is 1. The molecule has 1 rings (SSSR count). The molecule has 0 radical (unpaired) electrons. The van der Waals surface area contributed by atoms with E-state index in [9.17, 15) is 9.50 Å². The first-order valence-corrected chi connectivity index (χ1v) is 4.28. The molecule has 1 atom stereocenters. The van der Waals surface area contributed by atoms with E-state index in [0.717, 1.165) is 0 Å². The summed E-state index contributed by atoms with van der Waals surface area (Å²) in [7, 11) is 0. The van der Waals surface area contributed by atoms with Crippen LogP contribution in [0.15, 0.2) is 12.1 Å². The van der Waals surface area contributed by atoms with E-state index in [2.05, 4.69) is 0 Å². The minimum Gasteiger partial charge on any atom is -0.505 e. The normalized spacial score (nSPS) is 15.2. The van der Waals surface area contributed by atoms with Gasteiger partial charge in [0.05, 0.1) is 12.1 Å². The molecule has 0 aliphatic carbocycles. The SMILES string of the molecule is Cc1ccc([C@@](C)(N)CO)c(O)c1F. The van der Waals surface area contributed by atoms with Gasteiger partial charge in [0.15, 0.2) is 11.6 Å². The van der Waals surface area contributed by atoms with Crippen LogP contribution in [0.2, 0.25) is 0 Å². The van der Waals surface area contributed by atoms with E-state index in [0.29, 0.717) is 5.56 Å². The summed E-state index contributed by atoms with van der Waals surface area (Å²) in [6.07, 6.45) is 0. The van der Waals surface area contributed by atoms with Gasteiger partial charge in [-0.2, -0.15) is 0 Å². The summed E-state index contributed by atoms with van der Waals surface area (Å²) in [5.74, 6) is -1.17. The fraction of sp³-hybridized carbons (Fsp3) is 0.400. The number of halogens is 1. The highest BCUT2D eigenvalue weighted by atomic mass is 19.1. The molecule has 14 heavy (non-hydrogen) atoms. The van der Waals surface area contributed by atoms with Crippen molar-refractivity contribution in [2.75, 3.05) is 6.61 Å². The zero-order valence-electron chi connectivity index (χ0n) is 8.21. The van der Waals surface area contributed by atoms with E-state index in [1.165, 1.54) is 19.1 Å². The van der Waals surface area contributed by atoms with Crippen molar-refractivity contribution in [2.45, 2.75) is 19.4 Å². The van der Waals surface area contributed by atoms with E-state index in [-0.39, 0.29) is 12.2 Å². The number of aliphatic hydroxyl groups is 1. The Kier molecular flexibility index (Phi) is 2.78. The third-order valence-electron chi connectivity index (χ3n) is 2.25. The average molecular weight is 199 g/mol. The molecular formula is C10H14FNO2. The van der Waals surface area contributed by atoms with Crippen LogP contribution in [-0.4, -0.2) is 16.8 Å². The van der Waals surface area contributed by atoms with Crippen LogP contribution >= 0.6 is 0 Å². The molecule has 4 heteroatoms. The largest absolute Gasteiger partial charge is 0.505 e. The van der Waals surface area contributed by atoms with Crippen LogP contribution in [0.1, 0.15) is 18.1 Å². The maximum atomic E-state index is 13.3. The molecule has 0 saturated heterocycles. The highest BCUT2D eigenvalue weighted by Crippen LogP contribution is 2.30. The van der Waals surface area contributed by atoms with Gasteiger partial charge in [0.1, 0.15) is 0 Å². The molecule has 1 aromatic carbocycles. The lowest BCUT2D eigenvalue weighted by molar-refractivity contribution is 0.206. The summed E-state index contributed by atoms with van der Waals surface area (Å²) in [4.78, 5) is 0. The minimum atomic E-state index is -1.13. The van der Waals surface area contributed by atoms with Gasteiger partial charge in [-0.05, 0) is 19.4 Å². The van der Waals surface area contributed by atoms with E-state index in [1.54, 1.807) is 6.92 Å². The molecule has 0 heterocycles. The molecule has 4 N–H and O–H groups in total. The van der Waals surface area contributed by atoms with Crippen LogP contribution in [0.5, 0.6) is 5.75 Å². The molecule has 78 valence electrons. The lowest BCUT2D eigenvalue weighted by Gasteiger charge is -2.23. The van der Waals surface area contributed by atoms with Crippen molar-refractivity contribution in [1.29, 1.82) is 0 Å². The highest BCUT2D eigenvalue weighted by molar-refractivity contribution is 5.41. The van der Waals surface area contributed by atoms with E-state index in [1.807, 2.05) is 0 Å². The zero-order valence-corrected chi connectivity index (χ0v) is 8.21. The van der Waals surface area contributed by atoms with Crippen molar-refractivity contribution in [3.05, 3.63) is 29.1 Å². The second-order valence-electron chi connectivity index (χ2n) is 3.67. The Morgan fingerprint density at radius 1 is 1.50 bits per heavy atom. The molecule has 0 unspecified atom stereocenters. The number of aliphatic hydroxyl groups excluding tert-OH is 1. The maximum Gasteiger partial charge on any atom is 0.168 e. The molecule has 1 aromatic rings. The highest BCUT2D eigenvalue weighted by Gasteiger charge is 2.25. The predicted octanol–water partition coefficient (Wildman–Crippen LogP) is 1.01. The summed E-state index contributed by atoms with van der Waals surface area (Å²) in [5.41, 5.74) is 5.11. The quantitative estimate of drug-likeness (QED) is 0.665. The summed E-state index contributed by atoms with van der Waals surface area (Å²) in [5, 5.41) is 18.5. The summed E-state index contributed by atoms with van der Waals surface area (Å²) in [6, 6.07) is 3.04. The number of aryl methyl sites for hydroxylation is 1. The molecule has 0 amide bonds. The molecule has 0 aliphatic heterocycles. The molecule has 0 fully saturated rings. The third kappa shape index (κ3) is 1.71. The van der Waals surface area contributed by atoms with Gasteiger partial charge in [-0.3, -0.25) is 0 Å². The van der Waals surface area contributed by atoms with Gasteiger partial charge < -0.3 is 15.9 Å². The summed E-state index contributed by atoms with van der Waals surface area (Å²) >= 11 is 0. The van der Waals surface area contributed by atoms with Crippen LogP contribution in [-0.2, 0) is 5.54 Å². The molecular weight excluding hydrogens is 185 g/mol. The van der Waals surface area contributed by atoms with Crippen molar-refractivity contribution in [3.63, 3.8) is 0 Å². The zero-order chi connectivity index (χ0) is 10.9. The smallest absolute Gasteiger partial charge is 0.168 e. The van der Waals surface area contributed by atoms with Gasteiger partial charge in [0.2, 0.25) is 0 Å². The molecule has 0 bridgehead atoms. The minimum absolute atomic E-state index is 0.211. The Bertz CT molecular complexity index is 350. The Labute approximate surface area is 82.0 Å². The Morgan fingerprint density at radius 3 is 2.57 bits per heavy atom. The van der Waals surface area contributed by atoms with Crippen LogP contribution in [0.4, 0.5) is 4.39 Å². The first-order valence-electron chi connectivity index (χ1n) is 4.28. The number of aromatic hydroxyl groups is 1. The van der Waals surface area contributed by atoms with Gasteiger partial charge in [-0.25, -0.2) is 4.39 Å². The van der Waals surface area contributed by atoms with Gasteiger partial charge in [-0.15, -0.1) is 0 Å². The fourth-order valence-electron chi connectivity index (χ4n) is 1.21. The number of benzene rings is 1. The standard InChI is InChI=1S/C10H14FNO2/c1-6-3-4-7(9(14)8(6)11)10(2,12)5-13/h3-4,13-14H,5,12H2,1-2H3/t10-/m0/s1. The Morgan fingerprint density at radius 2 is 2.07 bits per heavy atom. The Balaban J connectivity index is 3.31. The third-order valence-corrected chi connectivity index (χ3v) is 2.25. The van der Waals surface area contributed by atoms with Gasteiger partial charge >= 0.3 is 0 Å². The van der Waals surface area contributed by atoms with Crippen LogP contribution in [0, 0.1) is 12.7 Å². The van der Waals surface area contributed by atoms with E-state index in [4.69, 9.17) is 10.8 Å². The average Bonchev–Trinajstić information content (AvgIpc) is 2.14. The van der Waals surface area contributed by atoms with Crippen LogP contribution in [0.25, 0.3) is 0 Å². The van der Waals surface area contributed by atoms with Gasteiger partial charge in [0, 0.05) is 5.56 Å². The first kappa shape index (κ1) is 10.9. The van der Waals surface area contributed by atoms with Gasteiger partial charge in [0.25, 0.3) is 0 Å². The monoisotopic (exact) mass is 199 g/mol. The Hall–Kier alpha value is -1.13. The first-order chi connectivity index (χ1) is 6.40. The van der Waals surface area contributed by atoms with Crippen molar-refractivity contribution >= 4 is 0 Å². The van der Waals surface area contributed by atoms with Crippen LogP contribution in [0.3, 0.4) is 0 Å². The second-order valence-corrected chi connectivity index (χ2v) is 3.67. The number of phenols is 1. The van der Waals surface area contributed by atoms with Gasteiger partial charge in [-0.1, -0.05) is 12.1 Å². The predicted molar refractivity (Wildman–Crippen MR) is 51.4 cm³/mol. The number of nitrogens with two attached hydrogens (primary N) is 1. The number of hydrogen-bond donors (Lipinski definition) is 3. The summed E-state index contributed by atoms with van der Waals surface area (Å²) < 4.78 is 13.3. The van der Waals surface area contributed by atoms with Crippen molar-refractivity contribution in [3.8, 4) is 5.75 Å². The van der Waals surface area contributed by atoms with E-state index >= 15 is 0 Å². The second kappa shape index (κ2) is 3.55. The molecule has 0 spiro atoms. The van der Waals surface area contributed by atoms with Crippen molar-refractivity contribution in [2.24, 2.45) is 5.73 Å². The van der Waals surface area contributed by atoms with Crippen molar-refractivity contribution in [1.82, 2.24) is 0 Å². The van der Waals surface area contributed by atoms with Crippen molar-refractivity contribution < 1.29 is 14.6 Å². The molecule has 0 aliphatic rings. The molecule has 3 nitrogen and oxygen atoms in total. The number of hydrogen-bond acceptors (Lipinski definition) is 3.